The van der Waals surface area contributed by atoms with Gasteiger partial charge >= 0.3 is 17.4 Å². The van der Waals surface area contributed by atoms with E-state index in [1.54, 1.807) is 13.1 Å². The molecule has 4 N–H and O–H groups in total. The van der Waals surface area contributed by atoms with Gasteiger partial charge in [-0.15, -0.1) is 0 Å². The van der Waals surface area contributed by atoms with E-state index in [4.69, 9.17) is 23.8 Å². The molecule has 0 aliphatic heterocycles. The first kappa shape index (κ1) is 17.2. The molecular weight excluding hydrogens is 252 g/mol. The molecule has 2 atom stereocenters. The van der Waals surface area contributed by atoms with Gasteiger partial charge in [-0.3, -0.25) is 0 Å². The number of nitrogens with two attached hydrogens (primary N) is 2. The van der Waals surface area contributed by atoms with Gasteiger partial charge in [0.15, 0.2) is 0 Å². The zero-order valence-corrected chi connectivity index (χ0v) is 14.4. The van der Waals surface area contributed by atoms with Gasteiger partial charge in [0.1, 0.15) is 0 Å². The molecule has 0 spiro atoms. The van der Waals surface area contributed by atoms with E-state index in [0.29, 0.717) is 0 Å². The van der Waals surface area contributed by atoms with Crippen LogP contribution in [0, 0.1) is 0 Å². The van der Waals surface area contributed by atoms with Gasteiger partial charge in [0.2, 0.25) is 0 Å². The minimum Gasteiger partial charge on any atom is -0.391 e. The molecule has 0 rings (SSSR count). The maximum absolute atomic E-state index is 6.08. The van der Waals surface area contributed by atoms with Crippen LogP contribution in [0.4, 0.5) is 0 Å². The van der Waals surface area contributed by atoms with Gasteiger partial charge in [-0.2, -0.15) is 0 Å². The molecule has 17 heavy (non-hydrogen) atoms. The van der Waals surface area contributed by atoms with Crippen LogP contribution in [0.2, 0.25) is 13.1 Å². The summed E-state index contributed by atoms with van der Waals surface area (Å²) in [5.74, 6) is 0. The van der Waals surface area contributed by atoms with Crippen molar-refractivity contribution in [1.29, 1.82) is 0 Å². The summed E-state index contributed by atoms with van der Waals surface area (Å²) in [5.41, 5.74) is -0.691. The Hall–Kier alpha value is 0.234. The van der Waals surface area contributed by atoms with E-state index < -0.39 is 17.4 Å². The van der Waals surface area contributed by atoms with Crippen molar-refractivity contribution in [3.05, 3.63) is 0 Å². The average molecular weight is 281 g/mol. The molecule has 0 aliphatic rings. The highest BCUT2D eigenvalue weighted by Crippen LogP contribution is 2.20. The lowest BCUT2D eigenvalue weighted by Gasteiger charge is -2.38. The fourth-order valence-corrected chi connectivity index (χ4v) is 7.64. The van der Waals surface area contributed by atoms with E-state index in [9.17, 15) is 0 Å². The Labute approximate surface area is 107 Å². The van der Waals surface area contributed by atoms with Gasteiger partial charge < -0.3 is 23.8 Å². The van der Waals surface area contributed by atoms with E-state index in [0.717, 1.165) is 0 Å². The monoisotopic (exact) mass is 280 g/mol. The summed E-state index contributed by atoms with van der Waals surface area (Å²) in [7, 11) is -5.52. The molecule has 104 valence electrons. The van der Waals surface area contributed by atoms with E-state index in [-0.39, 0.29) is 11.2 Å². The Morgan fingerprint density at radius 2 is 0.941 bits per heavy atom. The van der Waals surface area contributed by atoms with Crippen LogP contribution in [0.5, 0.6) is 0 Å². The van der Waals surface area contributed by atoms with Crippen molar-refractivity contribution >= 4 is 17.4 Å². The second kappa shape index (κ2) is 5.08. The third kappa shape index (κ3) is 9.89. The van der Waals surface area contributed by atoms with Crippen molar-refractivity contribution in [2.24, 2.45) is 10.8 Å². The topological polar surface area (TPSA) is 79.7 Å². The highest BCUT2D eigenvalue weighted by Gasteiger charge is 2.43. The van der Waals surface area contributed by atoms with Crippen LogP contribution < -0.4 is 10.8 Å². The van der Waals surface area contributed by atoms with Crippen molar-refractivity contribution < 1.29 is 13.0 Å². The minimum atomic E-state index is -2.76. The molecule has 0 fully saturated rings. The Bertz CT molecular complexity index is 231. The van der Waals surface area contributed by atoms with E-state index in [1.165, 1.54) is 0 Å². The summed E-state index contributed by atoms with van der Waals surface area (Å²) < 4.78 is 17.3. The van der Waals surface area contributed by atoms with Gasteiger partial charge in [-0.1, -0.05) is 0 Å². The van der Waals surface area contributed by atoms with Gasteiger partial charge in [-0.25, -0.2) is 0 Å². The molecule has 0 aromatic carbocycles. The first-order valence-electron chi connectivity index (χ1n) is 5.80. The Morgan fingerprint density at radius 3 is 1.12 bits per heavy atom. The summed E-state index contributed by atoms with van der Waals surface area (Å²) in [4.78, 5) is 0. The average Bonchev–Trinajstić information content (AvgIpc) is 1.65. The summed E-state index contributed by atoms with van der Waals surface area (Å²) in [5, 5.41) is 12.2. The third-order valence-electron chi connectivity index (χ3n) is 1.42. The molecule has 0 aliphatic carbocycles. The first-order valence-corrected chi connectivity index (χ1v) is 10.6. The molecule has 0 saturated heterocycles. The minimum absolute atomic E-state index is 0.345. The summed E-state index contributed by atoms with van der Waals surface area (Å²) in [6.45, 7) is 15.2. The van der Waals surface area contributed by atoms with Crippen molar-refractivity contribution in [2.75, 3.05) is 0 Å². The Morgan fingerprint density at radius 1 is 0.706 bits per heavy atom. The normalized spacial score (nSPS) is 20.8. The number of hydrogen-bond donors (Lipinski definition) is 2. The van der Waals surface area contributed by atoms with Crippen molar-refractivity contribution in [3.63, 3.8) is 0 Å². The number of rotatable bonds is 4. The molecule has 0 radical (unpaired) electrons. The zero-order chi connectivity index (χ0) is 14.1. The van der Waals surface area contributed by atoms with Crippen LogP contribution in [0.1, 0.15) is 41.5 Å². The largest absolute Gasteiger partial charge is 0.411 e. The quantitative estimate of drug-likeness (QED) is 0.766. The second-order valence-electron chi connectivity index (χ2n) is 6.56. The van der Waals surface area contributed by atoms with Gasteiger partial charge in [0, 0.05) is 0 Å². The number of hydrogen-bond acceptors (Lipinski definition) is 5. The van der Waals surface area contributed by atoms with E-state index >= 15 is 0 Å². The van der Waals surface area contributed by atoms with Crippen molar-refractivity contribution in [2.45, 2.75) is 65.8 Å². The summed E-state index contributed by atoms with van der Waals surface area (Å²) in [6, 6.07) is 0. The maximum Gasteiger partial charge on any atom is 0.411 e. The van der Waals surface area contributed by atoms with Crippen molar-refractivity contribution in [3.8, 4) is 0 Å². The second-order valence-corrected chi connectivity index (χ2v) is 11.9. The Balaban J connectivity index is 4.59. The molecule has 0 heterocycles. The van der Waals surface area contributed by atoms with Gasteiger partial charge in [-0.05, 0) is 54.6 Å². The van der Waals surface area contributed by atoms with E-state index in [1.807, 2.05) is 41.5 Å². The molecule has 2 unspecified atom stereocenters. The fourth-order valence-electron chi connectivity index (χ4n) is 1.66. The lowest BCUT2D eigenvalue weighted by Crippen LogP contribution is -2.65. The molecule has 7 heteroatoms. The van der Waals surface area contributed by atoms with Crippen molar-refractivity contribution in [1.82, 2.24) is 0 Å². The van der Waals surface area contributed by atoms with Gasteiger partial charge in [0.25, 0.3) is 0 Å². The zero-order valence-electron chi connectivity index (χ0n) is 12.4. The molecule has 0 amide bonds. The van der Waals surface area contributed by atoms with Crippen LogP contribution in [0.25, 0.3) is 0 Å². The molecule has 0 bridgehead atoms. The van der Waals surface area contributed by atoms with Crippen LogP contribution in [-0.2, 0) is 13.0 Å². The van der Waals surface area contributed by atoms with Crippen LogP contribution in [0.15, 0.2) is 0 Å². The third-order valence-corrected chi connectivity index (χ3v) is 6.70. The summed E-state index contributed by atoms with van der Waals surface area (Å²) >= 11 is 0. The maximum atomic E-state index is 6.08. The van der Waals surface area contributed by atoms with E-state index in [2.05, 4.69) is 0 Å². The molecule has 0 aromatic rings. The first-order chi connectivity index (χ1) is 7.12. The predicted molar refractivity (Wildman–Crippen MR) is 74.4 cm³/mol. The van der Waals surface area contributed by atoms with Crippen LogP contribution in [0.3, 0.4) is 0 Å². The molecule has 0 aromatic heterocycles. The standard InChI is InChI=1S/C10H28N2O3Si2/c1-9(2,3)13-16(7,11)15-17(8,12)14-10(4,5)6/h11-12H2,1-8H3. The smallest absolute Gasteiger partial charge is 0.391 e. The summed E-state index contributed by atoms with van der Waals surface area (Å²) in [6.07, 6.45) is 0. The SMILES string of the molecule is CC(C)(C)O[Si](C)(N)O[Si](C)(N)OC(C)(C)C. The lowest BCUT2D eigenvalue weighted by atomic mass is 10.2. The molecular formula is C10H28N2O3Si2. The lowest BCUT2D eigenvalue weighted by molar-refractivity contribution is 0.0572. The van der Waals surface area contributed by atoms with Crippen LogP contribution in [-0.4, -0.2) is 28.6 Å². The predicted octanol–water partition coefficient (Wildman–Crippen LogP) is 1.69. The highest BCUT2D eigenvalue weighted by atomic mass is 28.5. The van der Waals surface area contributed by atoms with Gasteiger partial charge in [0.05, 0.1) is 11.2 Å². The fraction of sp³-hybridized carbons (Fsp3) is 1.00. The molecule has 5 nitrogen and oxygen atoms in total. The van der Waals surface area contributed by atoms with Crippen LogP contribution >= 0.6 is 0 Å². The highest BCUT2D eigenvalue weighted by molar-refractivity contribution is 6.76. The molecule has 0 saturated carbocycles. The Kier molecular flexibility index (Phi) is 5.15.